The molecule has 1 nitrogen and oxygen atoms in total. The van der Waals surface area contributed by atoms with E-state index in [1.165, 1.54) is 0 Å². The Balaban J connectivity index is 2.46. The third-order valence-corrected chi connectivity index (χ3v) is 4.08. The molecule has 0 spiro atoms. The SMILES string of the molecule is Cc1ccc(C(C)(O)c2ccc(Br)cc2)cc1Cl. The van der Waals surface area contributed by atoms with Crippen molar-refractivity contribution in [1.82, 2.24) is 0 Å². The van der Waals surface area contributed by atoms with Crippen LogP contribution in [0.15, 0.2) is 46.9 Å². The standard InChI is InChI=1S/C15H14BrClO/c1-10-3-4-12(9-14(10)17)15(2,18)11-5-7-13(16)8-6-11/h3-9,18H,1-2H3. The van der Waals surface area contributed by atoms with Crippen LogP contribution in [0.3, 0.4) is 0 Å². The van der Waals surface area contributed by atoms with Gasteiger partial charge < -0.3 is 5.11 Å². The average molecular weight is 326 g/mol. The summed E-state index contributed by atoms with van der Waals surface area (Å²) in [6, 6.07) is 13.3. The largest absolute Gasteiger partial charge is 0.381 e. The first-order chi connectivity index (χ1) is 8.41. The molecule has 0 saturated heterocycles. The molecule has 2 aromatic carbocycles. The van der Waals surface area contributed by atoms with E-state index in [-0.39, 0.29) is 0 Å². The first-order valence-corrected chi connectivity index (χ1v) is 6.83. The average Bonchev–Trinajstić information content (AvgIpc) is 2.33. The van der Waals surface area contributed by atoms with E-state index in [1.807, 2.05) is 49.4 Å². The number of benzene rings is 2. The van der Waals surface area contributed by atoms with Crippen molar-refractivity contribution < 1.29 is 5.11 Å². The van der Waals surface area contributed by atoms with Crippen LogP contribution < -0.4 is 0 Å². The third kappa shape index (κ3) is 2.61. The second-order valence-electron chi connectivity index (χ2n) is 4.54. The fraction of sp³-hybridized carbons (Fsp3) is 0.200. The highest BCUT2D eigenvalue weighted by Crippen LogP contribution is 2.32. The molecular formula is C15H14BrClO. The minimum Gasteiger partial charge on any atom is -0.381 e. The second kappa shape index (κ2) is 5.04. The molecule has 1 unspecified atom stereocenters. The highest BCUT2D eigenvalue weighted by atomic mass is 79.9. The highest BCUT2D eigenvalue weighted by Gasteiger charge is 2.25. The molecule has 94 valence electrons. The second-order valence-corrected chi connectivity index (χ2v) is 5.87. The summed E-state index contributed by atoms with van der Waals surface area (Å²) in [4.78, 5) is 0. The molecule has 0 aliphatic rings. The molecule has 1 atom stereocenters. The smallest absolute Gasteiger partial charge is 0.112 e. The van der Waals surface area contributed by atoms with Crippen LogP contribution in [0.25, 0.3) is 0 Å². The summed E-state index contributed by atoms with van der Waals surface area (Å²) in [7, 11) is 0. The molecule has 0 radical (unpaired) electrons. The predicted octanol–water partition coefficient (Wildman–Crippen LogP) is 4.67. The van der Waals surface area contributed by atoms with Crippen LogP contribution in [0.5, 0.6) is 0 Å². The van der Waals surface area contributed by atoms with Gasteiger partial charge >= 0.3 is 0 Å². The molecule has 0 aliphatic carbocycles. The van der Waals surface area contributed by atoms with E-state index < -0.39 is 5.60 Å². The van der Waals surface area contributed by atoms with Crippen molar-refractivity contribution >= 4 is 27.5 Å². The summed E-state index contributed by atoms with van der Waals surface area (Å²) in [5.74, 6) is 0. The minimum absolute atomic E-state index is 0.671. The molecule has 0 amide bonds. The van der Waals surface area contributed by atoms with Crippen molar-refractivity contribution in [3.05, 3.63) is 68.7 Å². The van der Waals surface area contributed by atoms with Crippen LogP contribution in [-0.2, 0) is 5.60 Å². The van der Waals surface area contributed by atoms with E-state index in [1.54, 1.807) is 6.92 Å². The van der Waals surface area contributed by atoms with Crippen molar-refractivity contribution in [3.63, 3.8) is 0 Å². The number of aliphatic hydroxyl groups is 1. The number of aryl methyl sites for hydroxylation is 1. The molecule has 2 aromatic rings. The van der Waals surface area contributed by atoms with E-state index in [4.69, 9.17) is 11.6 Å². The summed E-state index contributed by atoms with van der Waals surface area (Å²) in [5, 5.41) is 11.4. The van der Waals surface area contributed by atoms with Crippen LogP contribution in [0.4, 0.5) is 0 Å². The topological polar surface area (TPSA) is 20.2 Å². The maximum atomic E-state index is 10.7. The zero-order valence-corrected chi connectivity index (χ0v) is 12.6. The molecule has 0 aliphatic heterocycles. The van der Waals surface area contributed by atoms with Gasteiger partial charge in [-0.1, -0.05) is 51.8 Å². The molecule has 0 saturated carbocycles. The minimum atomic E-state index is -1.04. The lowest BCUT2D eigenvalue weighted by Crippen LogP contribution is -2.22. The maximum Gasteiger partial charge on any atom is 0.112 e. The molecule has 18 heavy (non-hydrogen) atoms. The van der Waals surface area contributed by atoms with Crippen LogP contribution >= 0.6 is 27.5 Å². The van der Waals surface area contributed by atoms with Gasteiger partial charge in [0, 0.05) is 9.50 Å². The molecule has 1 N–H and O–H groups in total. The van der Waals surface area contributed by atoms with E-state index in [0.717, 1.165) is 21.2 Å². The first-order valence-electron chi connectivity index (χ1n) is 5.66. The van der Waals surface area contributed by atoms with E-state index in [0.29, 0.717) is 5.02 Å². The Kier molecular flexibility index (Phi) is 3.81. The Morgan fingerprint density at radius 1 is 1.06 bits per heavy atom. The van der Waals surface area contributed by atoms with Gasteiger partial charge in [-0.25, -0.2) is 0 Å². The molecule has 2 rings (SSSR count). The van der Waals surface area contributed by atoms with E-state index in [2.05, 4.69) is 15.9 Å². The lowest BCUT2D eigenvalue weighted by atomic mass is 9.88. The monoisotopic (exact) mass is 324 g/mol. The fourth-order valence-corrected chi connectivity index (χ4v) is 2.28. The van der Waals surface area contributed by atoms with Gasteiger partial charge in [0.1, 0.15) is 5.60 Å². The van der Waals surface area contributed by atoms with Crippen LogP contribution in [0.2, 0.25) is 5.02 Å². The zero-order chi connectivity index (χ0) is 13.3. The van der Waals surface area contributed by atoms with Crippen LogP contribution in [-0.4, -0.2) is 5.11 Å². The van der Waals surface area contributed by atoms with Crippen molar-refractivity contribution in [2.75, 3.05) is 0 Å². The number of halogens is 2. The van der Waals surface area contributed by atoms with Gasteiger partial charge in [-0.3, -0.25) is 0 Å². The van der Waals surface area contributed by atoms with Crippen molar-refractivity contribution in [2.24, 2.45) is 0 Å². The molecule has 3 heteroatoms. The Morgan fingerprint density at radius 2 is 1.61 bits per heavy atom. The molecule has 0 aromatic heterocycles. The fourth-order valence-electron chi connectivity index (χ4n) is 1.84. The summed E-state index contributed by atoms with van der Waals surface area (Å²) in [6.07, 6.45) is 0. The van der Waals surface area contributed by atoms with Crippen molar-refractivity contribution in [1.29, 1.82) is 0 Å². The zero-order valence-electron chi connectivity index (χ0n) is 10.2. The quantitative estimate of drug-likeness (QED) is 0.851. The van der Waals surface area contributed by atoms with Gasteiger partial charge in [0.15, 0.2) is 0 Å². The summed E-state index contributed by atoms with van der Waals surface area (Å²) in [5.41, 5.74) is 1.59. The summed E-state index contributed by atoms with van der Waals surface area (Å²) < 4.78 is 0.990. The van der Waals surface area contributed by atoms with E-state index in [9.17, 15) is 5.11 Å². The van der Waals surface area contributed by atoms with Gasteiger partial charge in [0.2, 0.25) is 0 Å². The van der Waals surface area contributed by atoms with Crippen molar-refractivity contribution in [2.45, 2.75) is 19.4 Å². The molecule has 0 fully saturated rings. The number of hydrogen-bond donors (Lipinski definition) is 1. The Labute approximate surface area is 121 Å². The lowest BCUT2D eigenvalue weighted by molar-refractivity contribution is 0.102. The molecular weight excluding hydrogens is 312 g/mol. The predicted molar refractivity (Wildman–Crippen MR) is 79.0 cm³/mol. The van der Waals surface area contributed by atoms with Gasteiger partial charge in [0.05, 0.1) is 0 Å². The van der Waals surface area contributed by atoms with Gasteiger partial charge in [-0.2, -0.15) is 0 Å². The normalized spacial score (nSPS) is 14.3. The van der Waals surface area contributed by atoms with Gasteiger partial charge in [0.25, 0.3) is 0 Å². The first kappa shape index (κ1) is 13.6. The van der Waals surface area contributed by atoms with Gasteiger partial charge in [-0.15, -0.1) is 0 Å². The van der Waals surface area contributed by atoms with Crippen LogP contribution in [0, 0.1) is 6.92 Å². The number of rotatable bonds is 2. The Bertz CT molecular complexity index is 561. The molecule has 0 bridgehead atoms. The van der Waals surface area contributed by atoms with Crippen LogP contribution in [0.1, 0.15) is 23.6 Å². The third-order valence-electron chi connectivity index (χ3n) is 3.14. The lowest BCUT2D eigenvalue weighted by Gasteiger charge is -2.25. The Hall–Kier alpha value is -0.830. The van der Waals surface area contributed by atoms with E-state index >= 15 is 0 Å². The maximum absolute atomic E-state index is 10.7. The summed E-state index contributed by atoms with van der Waals surface area (Å²) in [6.45, 7) is 3.72. The molecule has 0 heterocycles. The van der Waals surface area contributed by atoms with Crippen molar-refractivity contribution in [3.8, 4) is 0 Å². The highest BCUT2D eigenvalue weighted by molar-refractivity contribution is 9.10. The Morgan fingerprint density at radius 3 is 2.17 bits per heavy atom. The number of hydrogen-bond acceptors (Lipinski definition) is 1. The summed E-state index contributed by atoms with van der Waals surface area (Å²) >= 11 is 9.50. The van der Waals surface area contributed by atoms with Gasteiger partial charge in [-0.05, 0) is 48.7 Å².